The highest BCUT2D eigenvalue weighted by Crippen LogP contribution is 2.29. The molecule has 3 atom stereocenters. The molecule has 1 aliphatic heterocycles. The zero-order valence-corrected chi connectivity index (χ0v) is 17.8. The Balaban J connectivity index is 1.45. The zero-order valence-electron chi connectivity index (χ0n) is 17.8. The predicted molar refractivity (Wildman–Crippen MR) is 122 cm³/mol. The lowest BCUT2D eigenvalue weighted by atomic mass is 9.86. The van der Waals surface area contributed by atoms with E-state index in [1.54, 1.807) is 6.33 Å². The van der Waals surface area contributed by atoms with Crippen LogP contribution in [0.25, 0.3) is 11.0 Å². The number of Topliss-reactive ketones (excluding diaryl/α,β-unsaturated/α-hetero) is 1. The van der Waals surface area contributed by atoms with Crippen molar-refractivity contribution in [2.24, 2.45) is 11.8 Å². The maximum absolute atomic E-state index is 13.3. The summed E-state index contributed by atoms with van der Waals surface area (Å²) in [7, 11) is 0. The Morgan fingerprint density at radius 2 is 2.10 bits per heavy atom. The van der Waals surface area contributed by atoms with Gasteiger partial charge in [0.05, 0.1) is 11.4 Å². The molecule has 158 valence electrons. The first kappa shape index (κ1) is 20.4. The molecule has 1 aliphatic rings. The topological polar surface area (TPSA) is 73.9 Å². The molecule has 30 heavy (non-hydrogen) atoms. The number of ketones is 1. The van der Waals surface area contributed by atoms with E-state index in [-0.39, 0.29) is 6.04 Å². The highest BCUT2D eigenvalue weighted by Gasteiger charge is 2.29. The van der Waals surface area contributed by atoms with E-state index in [4.69, 9.17) is 0 Å². The molecule has 1 saturated heterocycles. The second-order valence-corrected chi connectivity index (χ2v) is 8.44. The molecule has 6 nitrogen and oxygen atoms in total. The molecule has 0 radical (unpaired) electrons. The third-order valence-electron chi connectivity index (χ3n) is 6.30. The number of hydrogen-bond donors (Lipinski definition) is 2. The maximum atomic E-state index is 13.3. The maximum Gasteiger partial charge on any atom is 0.155 e. The molecular formula is C24H31N5O. The zero-order chi connectivity index (χ0) is 20.9. The number of carbonyl (C=O) groups excluding carboxylic acids is 1. The average molecular weight is 406 g/mol. The summed E-state index contributed by atoms with van der Waals surface area (Å²) in [4.78, 5) is 27.6. The Kier molecular flexibility index (Phi) is 6.31. The summed E-state index contributed by atoms with van der Waals surface area (Å²) in [5, 5.41) is 4.54. The second-order valence-electron chi connectivity index (χ2n) is 8.44. The third-order valence-corrected chi connectivity index (χ3v) is 6.30. The molecule has 0 aliphatic carbocycles. The summed E-state index contributed by atoms with van der Waals surface area (Å²) >= 11 is 0. The number of para-hydroxylation sites is 1. The largest absolute Gasteiger partial charge is 0.375 e. The standard InChI is InChI=1S/C24H31N5O/c1-3-17(2)22(28-19-9-5-4-6-10-19)21(30)14-18-8-7-13-29(15-18)24-20-11-12-25-23(20)26-16-27-24/h4-6,9-12,16-18,22,28H,3,7-8,13-15H2,1-2H3,(H,25,26,27)/t17-,18-,22+/m0/s1. The minimum absolute atomic E-state index is 0.150. The highest BCUT2D eigenvalue weighted by atomic mass is 16.1. The molecule has 0 amide bonds. The van der Waals surface area contributed by atoms with Gasteiger partial charge in [-0.05, 0) is 42.9 Å². The first-order valence-corrected chi connectivity index (χ1v) is 11.0. The van der Waals surface area contributed by atoms with Gasteiger partial charge in [0.1, 0.15) is 17.8 Å². The minimum atomic E-state index is -0.150. The molecule has 0 saturated carbocycles. The summed E-state index contributed by atoms with van der Waals surface area (Å²) in [5.74, 6) is 1.92. The number of H-pyrrole nitrogens is 1. The molecule has 3 aromatic rings. The number of fused-ring (bicyclic) bond motifs is 1. The SMILES string of the molecule is CC[C@H](C)[C@@H](Nc1ccccc1)C(=O)C[C@@H]1CCCN(c2ncnc3[nH]ccc23)C1. The Morgan fingerprint density at radius 3 is 2.90 bits per heavy atom. The number of hydrogen-bond acceptors (Lipinski definition) is 5. The van der Waals surface area contributed by atoms with Crippen LogP contribution in [0.4, 0.5) is 11.5 Å². The van der Waals surface area contributed by atoms with Crippen molar-refractivity contribution in [1.29, 1.82) is 0 Å². The number of carbonyl (C=O) groups is 1. The van der Waals surface area contributed by atoms with Gasteiger partial charge in [0.15, 0.2) is 5.78 Å². The molecule has 2 N–H and O–H groups in total. The van der Waals surface area contributed by atoms with Crippen LogP contribution >= 0.6 is 0 Å². The summed E-state index contributed by atoms with van der Waals surface area (Å²) in [6, 6.07) is 11.9. The fraction of sp³-hybridized carbons (Fsp3) is 0.458. The normalized spacial score (nSPS) is 18.9. The van der Waals surface area contributed by atoms with Gasteiger partial charge in [-0.25, -0.2) is 9.97 Å². The van der Waals surface area contributed by atoms with Crippen LogP contribution in [0.5, 0.6) is 0 Å². The lowest BCUT2D eigenvalue weighted by Crippen LogP contribution is -2.41. The van der Waals surface area contributed by atoms with Gasteiger partial charge in [-0.1, -0.05) is 38.5 Å². The number of nitrogens with one attached hydrogen (secondary N) is 2. The van der Waals surface area contributed by atoms with E-state index in [2.05, 4.69) is 39.0 Å². The molecule has 3 heterocycles. The van der Waals surface area contributed by atoms with Crippen LogP contribution in [0.1, 0.15) is 39.5 Å². The molecule has 6 heteroatoms. The highest BCUT2D eigenvalue weighted by molar-refractivity contribution is 5.88. The third kappa shape index (κ3) is 4.48. The molecule has 0 unspecified atom stereocenters. The van der Waals surface area contributed by atoms with Crippen molar-refractivity contribution in [3.05, 3.63) is 48.9 Å². The van der Waals surface area contributed by atoms with Gasteiger partial charge in [-0.2, -0.15) is 0 Å². The number of anilines is 2. The van der Waals surface area contributed by atoms with Crippen LogP contribution in [-0.4, -0.2) is 39.9 Å². The van der Waals surface area contributed by atoms with E-state index in [0.717, 1.165) is 54.9 Å². The van der Waals surface area contributed by atoms with Gasteiger partial charge in [0, 0.05) is 31.4 Å². The Bertz CT molecular complexity index is 970. The lowest BCUT2D eigenvalue weighted by Gasteiger charge is -2.34. The molecule has 4 rings (SSSR count). The summed E-state index contributed by atoms with van der Waals surface area (Å²) in [6.45, 7) is 6.15. The summed E-state index contributed by atoms with van der Waals surface area (Å²) in [5.41, 5.74) is 1.87. The predicted octanol–water partition coefficient (Wildman–Crippen LogP) is 4.66. The monoisotopic (exact) mass is 405 g/mol. The van der Waals surface area contributed by atoms with Crippen LogP contribution in [0.3, 0.4) is 0 Å². The van der Waals surface area contributed by atoms with E-state index in [1.165, 1.54) is 0 Å². The number of aromatic amines is 1. The Morgan fingerprint density at radius 1 is 1.27 bits per heavy atom. The van der Waals surface area contributed by atoms with Crippen molar-refractivity contribution in [2.45, 2.75) is 45.6 Å². The molecule has 1 aromatic carbocycles. The van der Waals surface area contributed by atoms with Gasteiger partial charge >= 0.3 is 0 Å². The Labute approximate surface area is 178 Å². The first-order valence-electron chi connectivity index (χ1n) is 11.0. The second kappa shape index (κ2) is 9.28. The number of piperidine rings is 1. The fourth-order valence-corrected chi connectivity index (χ4v) is 4.44. The van der Waals surface area contributed by atoms with Crippen molar-refractivity contribution in [3.8, 4) is 0 Å². The van der Waals surface area contributed by atoms with E-state index < -0.39 is 0 Å². The molecule has 0 bridgehead atoms. The van der Waals surface area contributed by atoms with E-state index in [1.807, 2.05) is 42.6 Å². The molecule has 2 aromatic heterocycles. The van der Waals surface area contributed by atoms with Crippen molar-refractivity contribution >= 4 is 28.3 Å². The van der Waals surface area contributed by atoms with Gasteiger partial charge in [-0.15, -0.1) is 0 Å². The molecule has 0 spiro atoms. The van der Waals surface area contributed by atoms with Crippen molar-refractivity contribution < 1.29 is 4.79 Å². The molecular weight excluding hydrogens is 374 g/mol. The van der Waals surface area contributed by atoms with Gasteiger partial charge in [-0.3, -0.25) is 4.79 Å². The average Bonchev–Trinajstić information content (AvgIpc) is 3.27. The van der Waals surface area contributed by atoms with Crippen LogP contribution in [0.15, 0.2) is 48.9 Å². The summed E-state index contributed by atoms with van der Waals surface area (Å²) in [6.07, 6.45) is 7.26. The number of rotatable bonds is 8. The lowest BCUT2D eigenvalue weighted by molar-refractivity contribution is -0.121. The van der Waals surface area contributed by atoms with Crippen molar-refractivity contribution in [2.75, 3.05) is 23.3 Å². The van der Waals surface area contributed by atoms with Crippen molar-refractivity contribution in [3.63, 3.8) is 0 Å². The number of nitrogens with zero attached hydrogens (tertiary/aromatic N) is 3. The quantitative estimate of drug-likeness (QED) is 0.570. The number of benzene rings is 1. The van der Waals surface area contributed by atoms with E-state index in [9.17, 15) is 4.79 Å². The Hall–Kier alpha value is -2.89. The summed E-state index contributed by atoms with van der Waals surface area (Å²) < 4.78 is 0. The van der Waals surface area contributed by atoms with Gasteiger partial charge in [0.25, 0.3) is 0 Å². The number of aromatic nitrogens is 3. The van der Waals surface area contributed by atoms with Crippen molar-refractivity contribution in [1.82, 2.24) is 15.0 Å². The smallest absolute Gasteiger partial charge is 0.155 e. The van der Waals surface area contributed by atoms with Crippen LogP contribution < -0.4 is 10.2 Å². The van der Waals surface area contributed by atoms with Crippen LogP contribution in [0, 0.1) is 11.8 Å². The van der Waals surface area contributed by atoms with Gasteiger partial charge in [0.2, 0.25) is 0 Å². The van der Waals surface area contributed by atoms with Crippen LogP contribution in [-0.2, 0) is 4.79 Å². The minimum Gasteiger partial charge on any atom is -0.375 e. The molecule has 1 fully saturated rings. The fourth-order valence-electron chi connectivity index (χ4n) is 4.44. The van der Waals surface area contributed by atoms with Crippen LogP contribution in [0.2, 0.25) is 0 Å². The van der Waals surface area contributed by atoms with Gasteiger partial charge < -0.3 is 15.2 Å². The van der Waals surface area contributed by atoms with E-state index >= 15 is 0 Å². The van der Waals surface area contributed by atoms with E-state index in [0.29, 0.717) is 24.0 Å². The first-order chi connectivity index (χ1) is 14.7.